The molecule has 0 unspecified atom stereocenters. The number of anilines is 2. The Bertz CT molecular complexity index is 1110. The molecule has 2 aliphatic rings. The normalized spacial score (nSPS) is 17.6. The second-order valence-corrected chi connectivity index (χ2v) is 8.20. The van der Waals surface area contributed by atoms with Gasteiger partial charge in [-0.3, -0.25) is 9.69 Å². The van der Waals surface area contributed by atoms with Crippen LogP contribution in [0.2, 0.25) is 0 Å². The number of halogens is 3. The van der Waals surface area contributed by atoms with Crippen LogP contribution in [0.1, 0.15) is 42.5 Å². The second-order valence-electron chi connectivity index (χ2n) is 7.84. The first-order valence-corrected chi connectivity index (χ1v) is 10.5. The van der Waals surface area contributed by atoms with Crippen LogP contribution in [0.3, 0.4) is 0 Å². The molecule has 1 aliphatic heterocycles. The quantitative estimate of drug-likeness (QED) is 0.681. The molecule has 2 fully saturated rings. The van der Waals surface area contributed by atoms with E-state index in [1.54, 1.807) is 4.90 Å². The number of nitrogens with zero attached hydrogens (tertiary/aromatic N) is 4. The minimum absolute atomic E-state index is 0.0810. The largest absolute Gasteiger partial charge is 0.419 e. The van der Waals surface area contributed by atoms with Crippen LogP contribution in [0.25, 0.3) is 0 Å². The number of hydrogen-bond donors (Lipinski definition) is 1. The molecule has 6 nitrogen and oxygen atoms in total. The minimum Gasteiger partial charge on any atom is -0.396 e. The summed E-state index contributed by atoms with van der Waals surface area (Å²) in [6.45, 7) is 0.0864. The van der Waals surface area contributed by atoms with Crippen LogP contribution in [0.15, 0.2) is 36.5 Å². The van der Waals surface area contributed by atoms with Crippen LogP contribution < -0.4 is 9.80 Å². The Hall–Kier alpha value is -3.03. The summed E-state index contributed by atoms with van der Waals surface area (Å²) in [5.41, 5.74) is -1.31. The third-order valence-corrected chi connectivity index (χ3v) is 6.32. The first kappa shape index (κ1) is 22.2. The summed E-state index contributed by atoms with van der Waals surface area (Å²) in [5, 5.41) is 18.1. The molecule has 1 N–H and O–H groups in total. The van der Waals surface area contributed by atoms with E-state index in [1.165, 1.54) is 6.07 Å². The van der Waals surface area contributed by atoms with Gasteiger partial charge in [0.15, 0.2) is 10.8 Å². The predicted molar refractivity (Wildman–Crippen MR) is 115 cm³/mol. The van der Waals surface area contributed by atoms with Gasteiger partial charge in [-0.2, -0.15) is 18.4 Å². The highest BCUT2D eigenvalue weighted by Crippen LogP contribution is 2.48. The van der Waals surface area contributed by atoms with E-state index in [0.717, 1.165) is 29.1 Å². The maximum absolute atomic E-state index is 13.4. The van der Waals surface area contributed by atoms with E-state index >= 15 is 0 Å². The van der Waals surface area contributed by atoms with Crippen LogP contribution in [0.5, 0.6) is 0 Å². The van der Waals surface area contributed by atoms with Crippen molar-refractivity contribution in [2.24, 2.45) is 0 Å². The summed E-state index contributed by atoms with van der Waals surface area (Å²) in [6.07, 6.45) is -0.524. The van der Waals surface area contributed by atoms with Crippen molar-refractivity contribution in [3.05, 3.63) is 53.3 Å². The summed E-state index contributed by atoms with van der Waals surface area (Å²) in [6, 6.07) is 9.62. The monoisotopic (exact) mass is 460 g/mol. The highest BCUT2D eigenvalue weighted by molar-refractivity contribution is 7.81. The lowest BCUT2D eigenvalue weighted by Gasteiger charge is -2.43. The standard InChI is InChI=1S/C22H19F3N4O2S/c23-22(24,25)17-11-16(13-27-18(17)12-26)28-19(31)21(8-2-9-21)29(20(28)32)15-6-4-14(5-7-15)3-1-10-30/h4-7,11,13,30H,1-3,8-10H2. The van der Waals surface area contributed by atoms with Crippen molar-refractivity contribution < 1.29 is 23.1 Å². The number of thiocarbonyl (C=S) groups is 1. The van der Waals surface area contributed by atoms with Gasteiger partial charge in [0.25, 0.3) is 5.91 Å². The van der Waals surface area contributed by atoms with Crippen molar-refractivity contribution in [2.45, 2.75) is 43.8 Å². The fourth-order valence-corrected chi connectivity index (χ4v) is 4.65. The van der Waals surface area contributed by atoms with Crippen LogP contribution in [0, 0.1) is 11.3 Å². The third-order valence-electron chi connectivity index (χ3n) is 5.95. The summed E-state index contributed by atoms with van der Waals surface area (Å²) < 4.78 is 40.3. The van der Waals surface area contributed by atoms with Gasteiger partial charge in [0.1, 0.15) is 11.6 Å². The maximum Gasteiger partial charge on any atom is 0.419 e. The van der Waals surface area contributed by atoms with Gasteiger partial charge in [-0.1, -0.05) is 12.1 Å². The molecule has 0 radical (unpaired) electrons. The van der Waals surface area contributed by atoms with Gasteiger partial charge < -0.3 is 10.0 Å². The molecule has 1 spiro atoms. The molecule has 166 valence electrons. The van der Waals surface area contributed by atoms with Gasteiger partial charge in [0.05, 0.1) is 17.4 Å². The number of aromatic nitrogens is 1. The molecule has 0 bridgehead atoms. The number of nitriles is 1. The Morgan fingerprint density at radius 1 is 1.22 bits per heavy atom. The van der Waals surface area contributed by atoms with E-state index in [9.17, 15) is 18.0 Å². The van der Waals surface area contributed by atoms with E-state index < -0.39 is 28.9 Å². The Kier molecular flexibility index (Phi) is 5.65. The smallest absolute Gasteiger partial charge is 0.396 e. The molecule has 1 aromatic carbocycles. The topological polar surface area (TPSA) is 80.5 Å². The van der Waals surface area contributed by atoms with Crippen LogP contribution >= 0.6 is 12.2 Å². The van der Waals surface area contributed by atoms with E-state index in [0.29, 0.717) is 31.4 Å². The molecule has 1 saturated heterocycles. The van der Waals surface area contributed by atoms with Crippen molar-refractivity contribution in [3.63, 3.8) is 0 Å². The van der Waals surface area contributed by atoms with Gasteiger partial charge in [0, 0.05) is 12.3 Å². The number of hydrogen-bond acceptors (Lipinski definition) is 5. The van der Waals surface area contributed by atoms with Gasteiger partial charge in [0.2, 0.25) is 0 Å². The number of alkyl halides is 3. The van der Waals surface area contributed by atoms with Crippen molar-refractivity contribution in [1.29, 1.82) is 5.26 Å². The lowest BCUT2D eigenvalue weighted by molar-refractivity contribution is -0.138. The number of carbonyl (C=O) groups excluding carboxylic acids is 1. The molecule has 1 amide bonds. The Morgan fingerprint density at radius 2 is 1.91 bits per heavy atom. The van der Waals surface area contributed by atoms with Gasteiger partial charge in [-0.15, -0.1) is 0 Å². The highest BCUT2D eigenvalue weighted by atomic mass is 32.1. The van der Waals surface area contributed by atoms with Gasteiger partial charge >= 0.3 is 6.18 Å². The number of benzene rings is 1. The van der Waals surface area contributed by atoms with Gasteiger partial charge in [-0.25, -0.2) is 4.98 Å². The summed E-state index contributed by atoms with van der Waals surface area (Å²) >= 11 is 5.58. The van der Waals surface area contributed by atoms with E-state index in [2.05, 4.69) is 4.98 Å². The number of aryl methyl sites for hydroxylation is 1. The summed E-state index contributed by atoms with van der Waals surface area (Å²) in [5.74, 6) is -0.391. The van der Waals surface area contributed by atoms with Crippen LogP contribution in [-0.4, -0.2) is 33.3 Å². The number of pyridine rings is 1. The molecular weight excluding hydrogens is 441 g/mol. The lowest BCUT2D eigenvalue weighted by Crippen LogP contribution is -2.55. The molecule has 0 atom stereocenters. The van der Waals surface area contributed by atoms with Crippen LogP contribution in [-0.2, 0) is 17.4 Å². The molecule has 1 saturated carbocycles. The number of carbonyl (C=O) groups is 1. The van der Waals surface area contributed by atoms with Crippen molar-refractivity contribution in [2.75, 3.05) is 16.4 Å². The summed E-state index contributed by atoms with van der Waals surface area (Å²) in [7, 11) is 0. The Labute approximate surface area is 187 Å². The minimum atomic E-state index is -4.79. The fraction of sp³-hybridized carbons (Fsp3) is 0.364. The van der Waals surface area contributed by atoms with Crippen molar-refractivity contribution in [3.8, 4) is 6.07 Å². The van der Waals surface area contributed by atoms with E-state index in [1.807, 2.05) is 24.3 Å². The molecule has 10 heteroatoms. The SMILES string of the molecule is N#Cc1ncc(N2C(=O)C3(CCC3)N(c3ccc(CCCO)cc3)C2=S)cc1C(F)(F)F. The van der Waals surface area contributed by atoms with E-state index in [-0.39, 0.29) is 17.4 Å². The number of amides is 1. The van der Waals surface area contributed by atoms with Crippen molar-refractivity contribution >= 4 is 34.6 Å². The number of aliphatic hydroxyl groups is 1. The average Bonchev–Trinajstić information content (AvgIpc) is 2.98. The molecule has 2 heterocycles. The summed E-state index contributed by atoms with van der Waals surface area (Å²) in [4.78, 5) is 19.9. The zero-order valence-corrected chi connectivity index (χ0v) is 17.7. The second kappa shape index (κ2) is 8.15. The number of aliphatic hydroxyl groups excluding tert-OH is 1. The highest BCUT2D eigenvalue weighted by Gasteiger charge is 2.59. The lowest BCUT2D eigenvalue weighted by atomic mass is 9.75. The first-order chi connectivity index (χ1) is 15.2. The molecule has 4 rings (SSSR count). The zero-order valence-electron chi connectivity index (χ0n) is 16.9. The Morgan fingerprint density at radius 3 is 2.44 bits per heavy atom. The third kappa shape index (κ3) is 3.51. The van der Waals surface area contributed by atoms with Crippen molar-refractivity contribution in [1.82, 2.24) is 4.98 Å². The zero-order chi connectivity index (χ0) is 23.1. The maximum atomic E-state index is 13.4. The predicted octanol–water partition coefficient (Wildman–Crippen LogP) is 3.96. The number of rotatable bonds is 5. The molecule has 1 aliphatic carbocycles. The fourth-order valence-electron chi connectivity index (χ4n) is 4.18. The average molecular weight is 460 g/mol. The molecule has 1 aromatic heterocycles. The van der Waals surface area contributed by atoms with Gasteiger partial charge in [-0.05, 0) is 68.1 Å². The molecule has 2 aromatic rings. The molecular formula is C22H19F3N4O2S. The molecule has 32 heavy (non-hydrogen) atoms. The van der Waals surface area contributed by atoms with E-state index in [4.69, 9.17) is 22.6 Å². The van der Waals surface area contributed by atoms with Crippen LogP contribution in [0.4, 0.5) is 24.5 Å². The Balaban J connectivity index is 1.73. The first-order valence-electron chi connectivity index (χ1n) is 10.1.